The molecule has 0 fully saturated rings. The van der Waals surface area contributed by atoms with E-state index in [1.165, 1.54) is 24.5 Å². The summed E-state index contributed by atoms with van der Waals surface area (Å²) in [6, 6.07) is 9.76. The zero-order valence-corrected chi connectivity index (χ0v) is 15.6. The SMILES string of the molecule is CCc1cccc(CC)c1NC(=O)Cn1cnc2ccc([N+](=O)[O-])cc2c1=O. The van der Waals surface area contributed by atoms with Crippen LogP contribution in [0.3, 0.4) is 0 Å². The summed E-state index contributed by atoms with van der Waals surface area (Å²) in [6.45, 7) is 3.79. The lowest BCUT2D eigenvalue weighted by molar-refractivity contribution is -0.384. The van der Waals surface area contributed by atoms with E-state index in [1.807, 2.05) is 32.0 Å². The quantitative estimate of drug-likeness (QED) is 0.522. The minimum atomic E-state index is -0.573. The fourth-order valence-corrected chi connectivity index (χ4v) is 3.11. The number of aryl methyl sites for hydroxylation is 2. The van der Waals surface area contributed by atoms with Crippen molar-refractivity contribution in [2.45, 2.75) is 33.2 Å². The summed E-state index contributed by atoms with van der Waals surface area (Å²) < 4.78 is 1.15. The van der Waals surface area contributed by atoms with Crippen LogP contribution < -0.4 is 10.9 Å². The van der Waals surface area contributed by atoms with Gasteiger partial charge in [0.1, 0.15) is 6.54 Å². The van der Waals surface area contributed by atoms with Crippen LogP contribution in [0.4, 0.5) is 11.4 Å². The number of para-hydroxylation sites is 1. The Bertz CT molecular complexity index is 1100. The van der Waals surface area contributed by atoms with E-state index in [9.17, 15) is 19.7 Å². The molecule has 144 valence electrons. The highest BCUT2D eigenvalue weighted by Crippen LogP contribution is 2.22. The minimum absolute atomic E-state index is 0.104. The summed E-state index contributed by atoms with van der Waals surface area (Å²) in [4.78, 5) is 39.7. The second-order valence-electron chi connectivity index (χ2n) is 6.34. The van der Waals surface area contributed by atoms with Gasteiger partial charge in [0.2, 0.25) is 5.91 Å². The van der Waals surface area contributed by atoms with Crippen molar-refractivity contribution in [2.75, 3.05) is 5.32 Å². The van der Waals surface area contributed by atoms with Crippen molar-refractivity contribution in [1.29, 1.82) is 0 Å². The molecule has 0 saturated heterocycles. The molecule has 1 heterocycles. The van der Waals surface area contributed by atoms with Gasteiger partial charge in [-0.25, -0.2) is 4.98 Å². The number of nitro benzene ring substituents is 1. The average molecular weight is 380 g/mol. The van der Waals surface area contributed by atoms with Gasteiger partial charge in [-0.2, -0.15) is 0 Å². The lowest BCUT2D eigenvalue weighted by Crippen LogP contribution is -2.28. The van der Waals surface area contributed by atoms with Gasteiger partial charge in [0.15, 0.2) is 0 Å². The van der Waals surface area contributed by atoms with Gasteiger partial charge < -0.3 is 5.32 Å². The van der Waals surface area contributed by atoms with Gasteiger partial charge in [0, 0.05) is 17.8 Å². The Kier molecular flexibility index (Phi) is 5.49. The van der Waals surface area contributed by atoms with Crippen LogP contribution in [-0.2, 0) is 24.2 Å². The molecule has 3 aromatic rings. The van der Waals surface area contributed by atoms with Crippen molar-refractivity contribution in [3.63, 3.8) is 0 Å². The molecule has 0 radical (unpaired) electrons. The molecule has 0 aliphatic rings. The standard InChI is InChI=1S/C20H20N4O4/c1-3-13-6-5-7-14(4-2)19(13)22-18(25)11-23-12-21-17-9-8-15(24(27)28)10-16(17)20(23)26/h5-10,12H,3-4,11H2,1-2H3,(H,22,25). The largest absolute Gasteiger partial charge is 0.324 e. The first-order chi connectivity index (χ1) is 13.4. The smallest absolute Gasteiger partial charge is 0.270 e. The Morgan fingerprint density at radius 3 is 2.46 bits per heavy atom. The minimum Gasteiger partial charge on any atom is -0.324 e. The van der Waals surface area contributed by atoms with Crippen LogP contribution in [0.2, 0.25) is 0 Å². The Hall–Kier alpha value is -3.55. The molecule has 0 aliphatic heterocycles. The van der Waals surface area contributed by atoms with E-state index < -0.39 is 10.5 Å². The molecular formula is C20H20N4O4. The second-order valence-corrected chi connectivity index (χ2v) is 6.34. The first-order valence-corrected chi connectivity index (χ1v) is 8.98. The molecule has 0 spiro atoms. The number of fused-ring (bicyclic) bond motifs is 1. The highest BCUT2D eigenvalue weighted by atomic mass is 16.6. The summed E-state index contributed by atoms with van der Waals surface area (Å²) >= 11 is 0. The molecule has 1 amide bonds. The first-order valence-electron chi connectivity index (χ1n) is 8.98. The highest BCUT2D eigenvalue weighted by molar-refractivity contribution is 5.92. The van der Waals surface area contributed by atoms with Crippen LogP contribution in [0.1, 0.15) is 25.0 Å². The van der Waals surface area contributed by atoms with Gasteiger partial charge >= 0.3 is 0 Å². The summed E-state index contributed by atoms with van der Waals surface area (Å²) in [7, 11) is 0. The number of hydrogen-bond donors (Lipinski definition) is 1. The first kappa shape index (κ1) is 19.2. The maximum Gasteiger partial charge on any atom is 0.270 e. The molecule has 8 heteroatoms. The van der Waals surface area contributed by atoms with Gasteiger partial charge in [-0.1, -0.05) is 32.0 Å². The number of aromatic nitrogens is 2. The normalized spacial score (nSPS) is 10.8. The molecular weight excluding hydrogens is 360 g/mol. The van der Waals surface area contributed by atoms with E-state index in [4.69, 9.17) is 0 Å². The molecule has 0 saturated carbocycles. The number of anilines is 1. The number of carbonyl (C=O) groups is 1. The van der Waals surface area contributed by atoms with Crippen molar-refractivity contribution >= 4 is 28.2 Å². The van der Waals surface area contributed by atoms with Crippen LogP contribution >= 0.6 is 0 Å². The third kappa shape index (κ3) is 3.75. The Morgan fingerprint density at radius 2 is 1.86 bits per heavy atom. The van der Waals surface area contributed by atoms with E-state index in [2.05, 4.69) is 10.3 Å². The summed E-state index contributed by atoms with van der Waals surface area (Å²) in [5, 5.41) is 14.0. The molecule has 0 aliphatic carbocycles. The number of amides is 1. The zero-order valence-electron chi connectivity index (χ0n) is 15.6. The van der Waals surface area contributed by atoms with Crippen molar-refractivity contribution in [3.8, 4) is 0 Å². The van der Waals surface area contributed by atoms with Crippen LogP contribution in [-0.4, -0.2) is 20.4 Å². The number of nitrogens with one attached hydrogen (secondary N) is 1. The number of non-ortho nitro benzene ring substituents is 1. The van der Waals surface area contributed by atoms with Gasteiger partial charge in [-0.3, -0.25) is 24.3 Å². The van der Waals surface area contributed by atoms with Crippen molar-refractivity contribution in [3.05, 3.63) is 74.3 Å². The van der Waals surface area contributed by atoms with Gasteiger partial charge in [-0.05, 0) is 30.0 Å². The molecule has 1 N–H and O–H groups in total. The van der Waals surface area contributed by atoms with E-state index in [-0.39, 0.29) is 23.5 Å². The number of nitrogens with zero attached hydrogens (tertiary/aromatic N) is 3. The van der Waals surface area contributed by atoms with Crippen molar-refractivity contribution in [2.24, 2.45) is 0 Å². The van der Waals surface area contributed by atoms with Crippen LogP contribution in [0.5, 0.6) is 0 Å². The number of nitro groups is 1. The number of rotatable bonds is 6. The lowest BCUT2D eigenvalue weighted by Gasteiger charge is -2.15. The van der Waals surface area contributed by atoms with E-state index >= 15 is 0 Å². The third-order valence-electron chi connectivity index (χ3n) is 4.60. The highest BCUT2D eigenvalue weighted by Gasteiger charge is 2.14. The molecule has 28 heavy (non-hydrogen) atoms. The van der Waals surface area contributed by atoms with Crippen LogP contribution in [0.15, 0.2) is 47.5 Å². The molecule has 2 aromatic carbocycles. The van der Waals surface area contributed by atoms with Gasteiger partial charge in [0.25, 0.3) is 11.2 Å². The second kappa shape index (κ2) is 7.99. The molecule has 1 aromatic heterocycles. The Balaban J connectivity index is 1.91. The molecule has 8 nitrogen and oxygen atoms in total. The Labute approximate surface area is 161 Å². The maximum atomic E-state index is 12.7. The Morgan fingerprint density at radius 1 is 1.18 bits per heavy atom. The predicted octanol–water partition coefficient (Wildman–Crippen LogP) is 3.07. The maximum absolute atomic E-state index is 12.7. The molecule has 0 bridgehead atoms. The van der Waals surface area contributed by atoms with E-state index in [1.54, 1.807) is 0 Å². The van der Waals surface area contributed by atoms with Crippen LogP contribution in [0, 0.1) is 10.1 Å². The topological polar surface area (TPSA) is 107 Å². The fourth-order valence-electron chi connectivity index (χ4n) is 3.11. The zero-order chi connectivity index (χ0) is 20.3. The summed E-state index contributed by atoms with van der Waals surface area (Å²) in [5.41, 5.74) is 2.47. The van der Waals surface area contributed by atoms with E-state index in [0.29, 0.717) is 5.52 Å². The summed E-state index contributed by atoms with van der Waals surface area (Å²) in [6.07, 6.45) is 2.82. The van der Waals surface area contributed by atoms with Crippen molar-refractivity contribution in [1.82, 2.24) is 9.55 Å². The van der Waals surface area contributed by atoms with Crippen LogP contribution in [0.25, 0.3) is 10.9 Å². The third-order valence-corrected chi connectivity index (χ3v) is 4.60. The molecule has 0 unspecified atom stereocenters. The van der Waals surface area contributed by atoms with Gasteiger partial charge in [0.05, 0.1) is 22.2 Å². The number of carbonyl (C=O) groups excluding carboxylic acids is 1. The van der Waals surface area contributed by atoms with Crippen molar-refractivity contribution < 1.29 is 9.72 Å². The number of hydrogen-bond acceptors (Lipinski definition) is 5. The average Bonchev–Trinajstić information content (AvgIpc) is 2.70. The predicted molar refractivity (Wildman–Crippen MR) is 106 cm³/mol. The van der Waals surface area contributed by atoms with Gasteiger partial charge in [-0.15, -0.1) is 0 Å². The van der Waals surface area contributed by atoms with E-state index in [0.717, 1.165) is 34.2 Å². The number of benzene rings is 2. The molecule has 3 rings (SSSR count). The summed E-state index contributed by atoms with van der Waals surface area (Å²) in [5.74, 6) is -0.357. The monoisotopic (exact) mass is 380 g/mol. The molecule has 0 atom stereocenters. The lowest BCUT2D eigenvalue weighted by atomic mass is 10.0. The fraction of sp³-hybridized carbons (Fsp3) is 0.250.